The standard InChI is InChI=1S/C16H10N2O2S/c17-8-12-11-6-13-14(20-9-19-13)7-15(11)21-16(12)18-10-4-2-1-3-5-10/h1-7,18H,9H2. The zero-order valence-corrected chi connectivity index (χ0v) is 11.7. The van der Waals surface area contributed by atoms with E-state index in [2.05, 4.69) is 11.4 Å². The Morgan fingerprint density at radius 3 is 2.62 bits per heavy atom. The van der Waals surface area contributed by atoms with Crippen LogP contribution in [0.4, 0.5) is 10.7 Å². The van der Waals surface area contributed by atoms with E-state index >= 15 is 0 Å². The summed E-state index contributed by atoms with van der Waals surface area (Å²) in [6.07, 6.45) is 0. The summed E-state index contributed by atoms with van der Waals surface area (Å²) in [7, 11) is 0. The molecule has 21 heavy (non-hydrogen) atoms. The molecule has 1 aliphatic rings. The molecule has 1 aromatic heterocycles. The maximum Gasteiger partial charge on any atom is 0.231 e. The average molecular weight is 294 g/mol. The Bertz CT molecular complexity index is 865. The molecule has 0 radical (unpaired) electrons. The van der Waals surface area contributed by atoms with E-state index in [-0.39, 0.29) is 6.79 Å². The molecule has 4 rings (SSSR count). The number of para-hydroxylation sites is 1. The molecule has 0 fully saturated rings. The van der Waals surface area contributed by atoms with E-state index in [4.69, 9.17) is 9.47 Å². The number of thiophene rings is 1. The smallest absolute Gasteiger partial charge is 0.231 e. The third-order valence-corrected chi connectivity index (χ3v) is 4.39. The van der Waals surface area contributed by atoms with Gasteiger partial charge in [-0.3, -0.25) is 0 Å². The number of hydrogen-bond acceptors (Lipinski definition) is 5. The molecule has 102 valence electrons. The predicted molar refractivity (Wildman–Crippen MR) is 82.4 cm³/mol. The number of rotatable bonds is 2. The number of anilines is 2. The molecule has 4 nitrogen and oxygen atoms in total. The third-order valence-electron chi connectivity index (χ3n) is 3.33. The molecular formula is C16H10N2O2S. The van der Waals surface area contributed by atoms with Crippen molar-refractivity contribution in [1.82, 2.24) is 0 Å². The van der Waals surface area contributed by atoms with Gasteiger partial charge in [0.05, 0.1) is 5.56 Å². The highest BCUT2D eigenvalue weighted by molar-refractivity contribution is 7.23. The maximum absolute atomic E-state index is 9.48. The maximum atomic E-state index is 9.48. The fourth-order valence-electron chi connectivity index (χ4n) is 2.34. The third kappa shape index (κ3) is 1.97. The molecule has 0 aliphatic carbocycles. The van der Waals surface area contributed by atoms with Crippen LogP contribution in [0.2, 0.25) is 0 Å². The van der Waals surface area contributed by atoms with Crippen LogP contribution in [-0.4, -0.2) is 6.79 Å². The second-order valence-corrected chi connectivity index (χ2v) is 5.66. The Hall–Kier alpha value is -2.71. The van der Waals surface area contributed by atoms with Crippen LogP contribution in [0.25, 0.3) is 10.1 Å². The van der Waals surface area contributed by atoms with Crippen molar-refractivity contribution in [3.05, 3.63) is 48.0 Å². The van der Waals surface area contributed by atoms with Gasteiger partial charge >= 0.3 is 0 Å². The van der Waals surface area contributed by atoms with Crippen LogP contribution in [0.5, 0.6) is 11.5 Å². The zero-order valence-electron chi connectivity index (χ0n) is 10.9. The minimum atomic E-state index is 0.240. The van der Waals surface area contributed by atoms with E-state index in [1.54, 1.807) is 11.3 Å². The summed E-state index contributed by atoms with van der Waals surface area (Å²) >= 11 is 1.54. The molecule has 0 atom stereocenters. The molecule has 1 N–H and O–H groups in total. The van der Waals surface area contributed by atoms with Gasteiger partial charge < -0.3 is 14.8 Å². The van der Waals surface area contributed by atoms with Gasteiger partial charge in [0.2, 0.25) is 6.79 Å². The molecule has 0 unspecified atom stereocenters. The van der Waals surface area contributed by atoms with E-state index in [1.165, 1.54) is 0 Å². The van der Waals surface area contributed by atoms with Crippen LogP contribution >= 0.6 is 11.3 Å². The molecule has 1 aliphatic heterocycles. The predicted octanol–water partition coefficient (Wildman–Crippen LogP) is 4.25. The van der Waals surface area contributed by atoms with Crippen molar-refractivity contribution < 1.29 is 9.47 Å². The van der Waals surface area contributed by atoms with Gasteiger partial charge in [0, 0.05) is 21.8 Å². The summed E-state index contributed by atoms with van der Waals surface area (Å²) in [4.78, 5) is 0. The highest BCUT2D eigenvalue weighted by atomic mass is 32.1. The number of hydrogen-bond donors (Lipinski definition) is 1. The second-order valence-electron chi connectivity index (χ2n) is 4.61. The summed E-state index contributed by atoms with van der Waals surface area (Å²) in [6, 6.07) is 15.9. The number of benzene rings is 2. The molecule has 0 bridgehead atoms. The first-order chi connectivity index (χ1) is 10.3. The zero-order chi connectivity index (χ0) is 14.2. The van der Waals surface area contributed by atoms with Crippen molar-refractivity contribution in [2.45, 2.75) is 0 Å². The van der Waals surface area contributed by atoms with Crippen molar-refractivity contribution in [1.29, 1.82) is 5.26 Å². The van der Waals surface area contributed by atoms with E-state index in [0.717, 1.165) is 26.5 Å². The Morgan fingerprint density at radius 1 is 1.10 bits per heavy atom. The normalized spacial score (nSPS) is 12.3. The van der Waals surface area contributed by atoms with Gasteiger partial charge in [0.1, 0.15) is 11.1 Å². The Morgan fingerprint density at radius 2 is 1.86 bits per heavy atom. The molecule has 0 amide bonds. The monoisotopic (exact) mass is 294 g/mol. The van der Waals surface area contributed by atoms with Crippen LogP contribution in [0, 0.1) is 11.3 Å². The van der Waals surface area contributed by atoms with Gasteiger partial charge in [-0.1, -0.05) is 18.2 Å². The van der Waals surface area contributed by atoms with Gasteiger partial charge in [0.15, 0.2) is 11.5 Å². The summed E-state index contributed by atoms with van der Waals surface area (Å²) < 4.78 is 11.8. The molecular weight excluding hydrogens is 284 g/mol. The minimum Gasteiger partial charge on any atom is -0.454 e. The van der Waals surface area contributed by atoms with E-state index in [0.29, 0.717) is 11.3 Å². The number of fused-ring (bicyclic) bond motifs is 2. The second kappa shape index (κ2) is 4.69. The lowest BCUT2D eigenvalue weighted by Gasteiger charge is -2.03. The first-order valence-corrected chi connectivity index (χ1v) is 7.25. The number of nitrogens with one attached hydrogen (secondary N) is 1. The molecule has 2 heterocycles. The molecule has 0 saturated heterocycles. The minimum absolute atomic E-state index is 0.240. The van der Waals surface area contributed by atoms with E-state index < -0.39 is 0 Å². The van der Waals surface area contributed by atoms with Gasteiger partial charge in [-0.15, -0.1) is 11.3 Å². The van der Waals surface area contributed by atoms with Gasteiger partial charge in [-0.05, 0) is 18.2 Å². The molecule has 5 heteroatoms. The Kier molecular flexibility index (Phi) is 2.69. The van der Waals surface area contributed by atoms with Crippen LogP contribution in [0.3, 0.4) is 0 Å². The molecule has 3 aromatic rings. The Labute approximate surface area is 125 Å². The van der Waals surface area contributed by atoms with Crippen LogP contribution in [-0.2, 0) is 0 Å². The van der Waals surface area contributed by atoms with Crippen LogP contribution < -0.4 is 14.8 Å². The fraction of sp³-hybridized carbons (Fsp3) is 0.0625. The van der Waals surface area contributed by atoms with Crippen molar-refractivity contribution in [3.63, 3.8) is 0 Å². The van der Waals surface area contributed by atoms with Crippen molar-refractivity contribution >= 4 is 32.1 Å². The SMILES string of the molecule is N#Cc1c(Nc2ccccc2)sc2cc3c(cc12)OCO3. The summed E-state index contributed by atoms with van der Waals surface area (Å²) in [5.74, 6) is 1.43. The van der Waals surface area contributed by atoms with Gasteiger partial charge in [-0.25, -0.2) is 0 Å². The summed E-state index contributed by atoms with van der Waals surface area (Å²) in [5, 5.41) is 14.5. The molecule has 2 aromatic carbocycles. The van der Waals surface area contributed by atoms with Crippen molar-refractivity contribution in [2.24, 2.45) is 0 Å². The Balaban J connectivity index is 1.85. The van der Waals surface area contributed by atoms with Crippen molar-refractivity contribution in [3.8, 4) is 17.6 Å². The van der Waals surface area contributed by atoms with Gasteiger partial charge in [0.25, 0.3) is 0 Å². The first kappa shape index (κ1) is 12.1. The van der Waals surface area contributed by atoms with Crippen molar-refractivity contribution in [2.75, 3.05) is 12.1 Å². The fourth-order valence-corrected chi connectivity index (χ4v) is 3.42. The number of ether oxygens (including phenoxy) is 2. The highest BCUT2D eigenvalue weighted by Gasteiger charge is 2.19. The summed E-state index contributed by atoms with van der Waals surface area (Å²) in [6.45, 7) is 0.240. The van der Waals surface area contributed by atoms with Gasteiger partial charge in [-0.2, -0.15) is 5.26 Å². The quantitative estimate of drug-likeness (QED) is 0.768. The number of nitriles is 1. The molecule has 0 saturated carbocycles. The van der Waals surface area contributed by atoms with Crippen LogP contribution in [0.15, 0.2) is 42.5 Å². The lowest BCUT2D eigenvalue weighted by molar-refractivity contribution is 0.174. The average Bonchev–Trinajstić information content (AvgIpc) is 3.08. The lowest BCUT2D eigenvalue weighted by Crippen LogP contribution is -1.92. The van der Waals surface area contributed by atoms with E-state index in [1.807, 2.05) is 42.5 Å². The highest BCUT2D eigenvalue weighted by Crippen LogP contribution is 2.43. The molecule has 0 spiro atoms. The topological polar surface area (TPSA) is 54.3 Å². The lowest BCUT2D eigenvalue weighted by atomic mass is 10.1. The van der Waals surface area contributed by atoms with Crippen LogP contribution in [0.1, 0.15) is 5.56 Å². The largest absolute Gasteiger partial charge is 0.454 e. The summed E-state index contributed by atoms with van der Waals surface area (Å²) in [5.41, 5.74) is 1.60. The number of nitrogens with zero attached hydrogens (tertiary/aromatic N) is 1. The van der Waals surface area contributed by atoms with E-state index in [9.17, 15) is 5.26 Å². The first-order valence-electron chi connectivity index (χ1n) is 6.43.